The highest BCUT2D eigenvalue weighted by molar-refractivity contribution is 5.88. The fraction of sp³-hybridized carbons (Fsp3) is 0.364. The second-order valence-corrected chi connectivity index (χ2v) is 7.06. The van der Waals surface area contributed by atoms with E-state index in [9.17, 15) is 0 Å². The lowest BCUT2D eigenvalue weighted by Gasteiger charge is -2.36. The molecule has 1 unspecified atom stereocenters. The van der Waals surface area contributed by atoms with E-state index in [0.717, 1.165) is 24.4 Å². The van der Waals surface area contributed by atoms with E-state index in [2.05, 4.69) is 77.6 Å². The van der Waals surface area contributed by atoms with Crippen LogP contribution in [0.25, 0.3) is 22.5 Å². The monoisotopic (exact) mass is 346 g/mol. The van der Waals surface area contributed by atoms with Crippen LogP contribution in [0, 0.1) is 0 Å². The quantitative estimate of drug-likeness (QED) is 0.663. The summed E-state index contributed by atoms with van der Waals surface area (Å²) in [6, 6.07) is 17.9. The van der Waals surface area contributed by atoms with E-state index in [1.165, 1.54) is 35.2 Å². The van der Waals surface area contributed by atoms with Crippen molar-refractivity contribution in [2.24, 2.45) is 7.05 Å². The van der Waals surface area contributed by atoms with E-state index in [1.54, 1.807) is 0 Å². The first kappa shape index (κ1) is 16.8. The number of aryl methyl sites for hydroxylation is 1. The maximum Gasteiger partial charge on any atom is 0.123 e. The van der Waals surface area contributed by atoms with Crippen molar-refractivity contribution in [3.8, 4) is 22.5 Å². The molecule has 0 saturated heterocycles. The number of aromatic nitrogens is 3. The molecule has 4 rings (SSSR count). The van der Waals surface area contributed by atoms with Gasteiger partial charge in [0.2, 0.25) is 0 Å². The van der Waals surface area contributed by atoms with E-state index >= 15 is 0 Å². The molecule has 0 N–H and O–H groups in total. The van der Waals surface area contributed by atoms with Crippen molar-refractivity contribution in [3.63, 3.8) is 0 Å². The Hall–Kier alpha value is -2.62. The number of nitrogens with zero attached hydrogens (tertiary/aromatic N) is 4. The Kier molecular flexibility index (Phi) is 4.49. The first-order valence-electron chi connectivity index (χ1n) is 9.58. The van der Waals surface area contributed by atoms with Crippen LogP contribution in [0.4, 0.5) is 5.69 Å². The van der Waals surface area contributed by atoms with E-state index in [1.807, 2.05) is 11.7 Å². The van der Waals surface area contributed by atoms with Crippen LogP contribution in [-0.2, 0) is 13.6 Å². The zero-order valence-corrected chi connectivity index (χ0v) is 15.8. The topological polar surface area (TPSA) is 34.0 Å². The van der Waals surface area contributed by atoms with Gasteiger partial charge in [0.1, 0.15) is 5.69 Å². The second kappa shape index (κ2) is 6.94. The van der Waals surface area contributed by atoms with Crippen molar-refractivity contribution in [2.75, 3.05) is 4.90 Å². The molecule has 3 aromatic rings. The van der Waals surface area contributed by atoms with Gasteiger partial charge in [-0.05, 0) is 24.5 Å². The first-order valence-corrected chi connectivity index (χ1v) is 9.58. The van der Waals surface area contributed by atoms with Crippen LogP contribution in [-0.4, -0.2) is 21.0 Å². The third-order valence-corrected chi connectivity index (χ3v) is 5.44. The third kappa shape index (κ3) is 2.70. The number of para-hydroxylation sites is 1. The predicted molar refractivity (Wildman–Crippen MR) is 107 cm³/mol. The summed E-state index contributed by atoms with van der Waals surface area (Å²) in [7, 11) is 1.98. The minimum absolute atomic E-state index is 0.521. The molecule has 4 heteroatoms. The number of fused-ring (bicyclic) bond motifs is 5. The molecule has 0 amide bonds. The van der Waals surface area contributed by atoms with Gasteiger partial charge in [0, 0.05) is 36.4 Å². The molecule has 0 saturated carbocycles. The van der Waals surface area contributed by atoms with Crippen molar-refractivity contribution in [3.05, 3.63) is 54.1 Å². The van der Waals surface area contributed by atoms with Gasteiger partial charge in [0.05, 0.1) is 5.69 Å². The molecule has 1 atom stereocenters. The lowest BCUT2D eigenvalue weighted by Crippen LogP contribution is -2.35. The normalized spacial score (nSPS) is 14.0. The summed E-state index contributed by atoms with van der Waals surface area (Å²) in [6.07, 6.45) is 3.52. The molecular weight excluding hydrogens is 320 g/mol. The summed E-state index contributed by atoms with van der Waals surface area (Å²) < 4.78 is 1.91. The maximum atomic E-state index is 4.55. The second-order valence-electron chi connectivity index (χ2n) is 7.06. The molecular formula is C22H26N4. The Morgan fingerprint density at radius 2 is 1.73 bits per heavy atom. The van der Waals surface area contributed by atoms with Crippen LogP contribution < -0.4 is 4.90 Å². The van der Waals surface area contributed by atoms with E-state index in [-0.39, 0.29) is 0 Å². The van der Waals surface area contributed by atoms with Crippen molar-refractivity contribution in [1.82, 2.24) is 15.0 Å². The first-order chi connectivity index (χ1) is 12.7. The third-order valence-electron chi connectivity index (χ3n) is 5.44. The molecule has 26 heavy (non-hydrogen) atoms. The van der Waals surface area contributed by atoms with Crippen molar-refractivity contribution in [1.29, 1.82) is 0 Å². The SMILES string of the molecule is CCCC(CC)N1Cc2ccccc2-c2c(nnn2C)-c2ccccc21. The summed E-state index contributed by atoms with van der Waals surface area (Å²) in [5, 5.41) is 8.90. The van der Waals surface area contributed by atoms with Crippen molar-refractivity contribution in [2.45, 2.75) is 45.7 Å². The highest BCUT2D eigenvalue weighted by atomic mass is 15.4. The Labute approximate surface area is 155 Å². The van der Waals surface area contributed by atoms with E-state index in [0.29, 0.717) is 6.04 Å². The number of hydrogen-bond acceptors (Lipinski definition) is 3. The van der Waals surface area contributed by atoms with Gasteiger partial charge >= 0.3 is 0 Å². The summed E-state index contributed by atoms with van der Waals surface area (Å²) in [6.45, 7) is 5.48. The van der Waals surface area contributed by atoms with Crippen LogP contribution in [0.5, 0.6) is 0 Å². The van der Waals surface area contributed by atoms with Crippen molar-refractivity contribution < 1.29 is 0 Å². The van der Waals surface area contributed by atoms with E-state index in [4.69, 9.17) is 0 Å². The summed E-state index contributed by atoms with van der Waals surface area (Å²) in [5.74, 6) is 0. The van der Waals surface area contributed by atoms with E-state index < -0.39 is 0 Å². The highest BCUT2D eigenvalue weighted by Gasteiger charge is 2.28. The average Bonchev–Trinajstić information content (AvgIpc) is 3.04. The number of benzene rings is 2. The van der Waals surface area contributed by atoms with Gasteiger partial charge in [0.25, 0.3) is 0 Å². The molecule has 2 aromatic carbocycles. The number of rotatable bonds is 4. The largest absolute Gasteiger partial charge is 0.364 e. The molecule has 2 heterocycles. The van der Waals surface area contributed by atoms with Gasteiger partial charge in [-0.15, -0.1) is 5.10 Å². The van der Waals surface area contributed by atoms with Gasteiger partial charge in [-0.2, -0.15) is 0 Å². The molecule has 0 radical (unpaired) electrons. The van der Waals surface area contributed by atoms with Crippen LogP contribution >= 0.6 is 0 Å². The van der Waals surface area contributed by atoms with Crippen LogP contribution in [0.15, 0.2) is 48.5 Å². The standard InChI is InChI=1S/C22H26N4/c1-4-10-17(5-2)26-15-16-11-6-7-12-18(16)22-21(23-24-25(22)3)19-13-8-9-14-20(19)26/h6-9,11-14,17H,4-5,10,15H2,1-3H3. The number of hydrogen-bond donors (Lipinski definition) is 0. The zero-order valence-electron chi connectivity index (χ0n) is 15.8. The smallest absolute Gasteiger partial charge is 0.123 e. The van der Waals surface area contributed by atoms with Gasteiger partial charge in [-0.25, -0.2) is 4.68 Å². The fourth-order valence-electron chi connectivity index (χ4n) is 4.16. The molecule has 1 aromatic heterocycles. The molecule has 4 nitrogen and oxygen atoms in total. The molecule has 134 valence electrons. The molecule has 0 bridgehead atoms. The summed E-state index contributed by atoms with van der Waals surface area (Å²) in [4.78, 5) is 2.58. The predicted octanol–water partition coefficient (Wildman–Crippen LogP) is 5.05. The minimum atomic E-state index is 0.521. The van der Waals surface area contributed by atoms with Gasteiger partial charge < -0.3 is 4.90 Å². The fourth-order valence-corrected chi connectivity index (χ4v) is 4.16. The van der Waals surface area contributed by atoms with Crippen molar-refractivity contribution >= 4 is 5.69 Å². The van der Waals surface area contributed by atoms with Crippen LogP contribution in [0.2, 0.25) is 0 Å². The Bertz CT molecular complexity index is 912. The molecule has 1 aliphatic rings. The maximum absolute atomic E-state index is 4.55. The number of anilines is 1. The Balaban J connectivity index is 1.99. The molecule has 0 spiro atoms. The van der Waals surface area contributed by atoms with Crippen LogP contribution in [0.3, 0.4) is 0 Å². The highest BCUT2D eigenvalue weighted by Crippen LogP contribution is 2.41. The minimum Gasteiger partial charge on any atom is -0.364 e. The molecule has 0 aliphatic carbocycles. The van der Waals surface area contributed by atoms with Gasteiger partial charge in [-0.3, -0.25) is 0 Å². The van der Waals surface area contributed by atoms with Gasteiger partial charge in [0.15, 0.2) is 0 Å². The zero-order chi connectivity index (χ0) is 18.1. The molecule has 1 aliphatic heterocycles. The lowest BCUT2D eigenvalue weighted by molar-refractivity contribution is 0.526. The summed E-state index contributed by atoms with van der Waals surface area (Å²) in [5.41, 5.74) is 7.11. The average molecular weight is 346 g/mol. The van der Waals surface area contributed by atoms with Crippen LogP contribution in [0.1, 0.15) is 38.7 Å². The summed E-state index contributed by atoms with van der Waals surface area (Å²) >= 11 is 0. The lowest BCUT2D eigenvalue weighted by atomic mass is 9.94. The van der Waals surface area contributed by atoms with Gasteiger partial charge in [-0.1, -0.05) is 67.9 Å². The molecule has 0 fully saturated rings. The Morgan fingerprint density at radius 3 is 2.50 bits per heavy atom. The Morgan fingerprint density at radius 1 is 1.00 bits per heavy atom.